The highest BCUT2D eigenvalue weighted by atomic mass is 16.5. The minimum absolute atomic E-state index is 0.0234. The lowest BCUT2D eigenvalue weighted by molar-refractivity contribution is -0.139. The van der Waals surface area contributed by atoms with Crippen LogP contribution in [-0.4, -0.2) is 42.8 Å². The number of hydrogen-bond acceptors (Lipinski definition) is 3. The van der Waals surface area contributed by atoms with Gasteiger partial charge in [0.2, 0.25) is 0 Å². The molecule has 0 fully saturated rings. The number of nitrogens with zero attached hydrogens (tertiary/aromatic N) is 1. The molecule has 1 aromatic carbocycles. The van der Waals surface area contributed by atoms with Crippen molar-refractivity contribution in [1.29, 1.82) is 0 Å². The van der Waals surface area contributed by atoms with Crippen LogP contribution in [0.2, 0.25) is 0 Å². The third kappa shape index (κ3) is 5.41. The molecule has 0 heterocycles. The highest BCUT2D eigenvalue weighted by molar-refractivity contribution is 5.69. The molecule has 19 heavy (non-hydrogen) atoms. The molecule has 0 bridgehead atoms. The van der Waals surface area contributed by atoms with Gasteiger partial charge in [-0.3, -0.25) is 9.69 Å². The van der Waals surface area contributed by atoms with Gasteiger partial charge in [-0.1, -0.05) is 44.2 Å². The number of hydrogen-bond donors (Lipinski definition) is 1. The second kappa shape index (κ2) is 7.92. The maximum atomic E-state index is 11.0. The van der Waals surface area contributed by atoms with Crippen LogP contribution in [0.25, 0.3) is 0 Å². The third-order valence-electron chi connectivity index (χ3n) is 2.89. The van der Waals surface area contributed by atoms with Crippen molar-refractivity contribution in [2.75, 3.05) is 26.8 Å². The Balaban J connectivity index is 2.93. The minimum Gasteiger partial charge on any atom is -0.480 e. The Morgan fingerprint density at radius 2 is 1.95 bits per heavy atom. The van der Waals surface area contributed by atoms with Crippen LogP contribution in [0.5, 0.6) is 0 Å². The molecule has 4 heteroatoms. The highest BCUT2D eigenvalue weighted by Crippen LogP contribution is 2.22. The Bertz CT molecular complexity index is 378. The summed E-state index contributed by atoms with van der Waals surface area (Å²) in [6.07, 6.45) is 0. The molecule has 1 atom stereocenters. The molecule has 0 aliphatic rings. The van der Waals surface area contributed by atoms with Crippen LogP contribution >= 0.6 is 0 Å². The molecule has 4 nitrogen and oxygen atoms in total. The molecule has 0 saturated heterocycles. The van der Waals surface area contributed by atoms with E-state index >= 15 is 0 Å². The molecule has 1 aromatic rings. The van der Waals surface area contributed by atoms with Crippen molar-refractivity contribution in [3.8, 4) is 0 Å². The van der Waals surface area contributed by atoms with Gasteiger partial charge < -0.3 is 9.84 Å². The molecule has 106 valence electrons. The normalized spacial score (nSPS) is 12.9. The number of benzene rings is 1. The smallest absolute Gasteiger partial charge is 0.317 e. The van der Waals surface area contributed by atoms with Crippen LogP contribution in [0.4, 0.5) is 0 Å². The predicted octanol–water partition coefficient (Wildman–Crippen LogP) is 2.42. The molecular formula is C15H23NO3. The van der Waals surface area contributed by atoms with E-state index < -0.39 is 5.97 Å². The number of carbonyl (C=O) groups is 1. The lowest BCUT2D eigenvalue weighted by Crippen LogP contribution is -2.38. The zero-order valence-electron chi connectivity index (χ0n) is 11.9. The maximum absolute atomic E-state index is 11.0. The summed E-state index contributed by atoms with van der Waals surface area (Å²) in [6, 6.07) is 9.89. The quantitative estimate of drug-likeness (QED) is 0.784. The molecule has 0 amide bonds. The van der Waals surface area contributed by atoms with Crippen LogP contribution in [0.1, 0.15) is 25.5 Å². The van der Waals surface area contributed by atoms with E-state index in [-0.39, 0.29) is 12.6 Å². The first-order valence-corrected chi connectivity index (χ1v) is 6.54. The Labute approximate surface area is 115 Å². The van der Waals surface area contributed by atoms with Crippen molar-refractivity contribution < 1.29 is 14.6 Å². The fourth-order valence-corrected chi connectivity index (χ4v) is 2.19. The standard InChI is InChI=1S/C15H23NO3/c1-12(2)9-16(10-15(17)18)14(11-19-3)13-7-5-4-6-8-13/h4-8,12,14H,9-11H2,1-3H3,(H,17,18). The molecule has 0 aliphatic heterocycles. The van der Waals surface area contributed by atoms with Crippen LogP contribution in [0, 0.1) is 5.92 Å². The monoisotopic (exact) mass is 265 g/mol. The molecule has 0 saturated carbocycles. The fraction of sp³-hybridized carbons (Fsp3) is 0.533. The second-order valence-corrected chi connectivity index (χ2v) is 5.10. The lowest BCUT2D eigenvalue weighted by atomic mass is 10.0. The maximum Gasteiger partial charge on any atom is 0.317 e. The van der Waals surface area contributed by atoms with Gasteiger partial charge in [0.25, 0.3) is 0 Å². The first-order chi connectivity index (χ1) is 9.04. The van der Waals surface area contributed by atoms with Gasteiger partial charge in [0.05, 0.1) is 19.2 Å². The topological polar surface area (TPSA) is 49.8 Å². The zero-order valence-corrected chi connectivity index (χ0v) is 11.9. The lowest BCUT2D eigenvalue weighted by Gasteiger charge is -2.31. The number of rotatable bonds is 8. The van der Waals surface area contributed by atoms with Crippen molar-refractivity contribution in [1.82, 2.24) is 4.90 Å². The summed E-state index contributed by atoms with van der Waals surface area (Å²) < 4.78 is 5.27. The van der Waals surface area contributed by atoms with Crippen molar-refractivity contribution in [2.45, 2.75) is 19.9 Å². The third-order valence-corrected chi connectivity index (χ3v) is 2.89. The van der Waals surface area contributed by atoms with Gasteiger partial charge in [-0.25, -0.2) is 0 Å². The summed E-state index contributed by atoms with van der Waals surface area (Å²) in [5, 5.41) is 9.08. The summed E-state index contributed by atoms with van der Waals surface area (Å²) in [7, 11) is 1.64. The van der Waals surface area contributed by atoms with Gasteiger partial charge in [-0.15, -0.1) is 0 Å². The van der Waals surface area contributed by atoms with E-state index in [1.54, 1.807) is 7.11 Å². The number of ether oxygens (including phenoxy) is 1. The molecular weight excluding hydrogens is 242 g/mol. The van der Waals surface area contributed by atoms with E-state index in [9.17, 15) is 4.79 Å². The fourth-order valence-electron chi connectivity index (χ4n) is 2.19. The van der Waals surface area contributed by atoms with Gasteiger partial charge >= 0.3 is 5.97 Å². The number of aliphatic carboxylic acids is 1. The van der Waals surface area contributed by atoms with E-state index in [2.05, 4.69) is 13.8 Å². The van der Waals surface area contributed by atoms with Crippen molar-refractivity contribution in [3.63, 3.8) is 0 Å². The number of methoxy groups -OCH3 is 1. The molecule has 1 unspecified atom stereocenters. The molecule has 0 aliphatic carbocycles. The average molecular weight is 265 g/mol. The van der Waals surface area contributed by atoms with E-state index in [0.29, 0.717) is 12.5 Å². The Hall–Kier alpha value is -1.39. The summed E-state index contributed by atoms with van der Waals surface area (Å²) in [4.78, 5) is 13.0. The van der Waals surface area contributed by atoms with Gasteiger partial charge in [0.15, 0.2) is 0 Å². The van der Waals surface area contributed by atoms with Crippen LogP contribution in [0.15, 0.2) is 30.3 Å². The Kier molecular flexibility index (Phi) is 6.53. The summed E-state index contributed by atoms with van der Waals surface area (Å²) >= 11 is 0. The summed E-state index contributed by atoms with van der Waals surface area (Å²) in [5.74, 6) is -0.403. The van der Waals surface area contributed by atoms with Crippen LogP contribution < -0.4 is 0 Å². The van der Waals surface area contributed by atoms with Gasteiger partial charge in [-0.2, -0.15) is 0 Å². The Morgan fingerprint density at radius 1 is 1.32 bits per heavy atom. The summed E-state index contributed by atoms with van der Waals surface area (Å²) in [6.45, 7) is 5.42. The van der Waals surface area contributed by atoms with Crippen molar-refractivity contribution in [3.05, 3.63) is 35.9 Å². The predicted molar refractivity (Wildman–Crippen MR) is 75.1 cm³/mol. The molecule has 0 radical (unpaired) electrons. The Morgan fingerprint density at radius 3 is 2.42 bits per heavy atom. The summed E-state index contributed by atoms with van der Waals surface area (Å²) in [5.41, 5.74) is 1.09. The number of carboxylic acid groups (broad SMARTS) is 1. The van der Waals surface area contributed by atoms with Crippen LogP contribution in [0.3, 0.4) is 0 Å². The van der Waals surface area contributed by atoms with E-state index in [1.807, 2.05) is 35.2 Å². The first kappa shape index (κ1) is 15.7. The largest absolute Gasteiger partial charge is 0.480 e. The van der Waals surface area contributed by atoms with Crippen molar-refractivity contribution in [2.24, 2.45) is 5.92 Å². The molecule has 1 N–H and O–H groups in total. The van der Waals surface area contributed by atoms with Gasteiger partial charge in [0.1, 0.15) is 0 Å². The first-order valence-electron chi connectivity index (χ1n) is 6.54. The molecule has 0 spiro atoms. The highest BCUT2D eigenvalue weighted by Gasteiger charge is 2.23. The molecule has 0 aromatic heterocycles. The average Bonchev–Trinajstić information content (AvgIpc) is 2.35. The van der Waals surface area contributed by atoms with Gasteiger partial charge in [0, 0.05) is 13.7 Å². The van der Waals surface area contributed by atoms with E-state index in [0.717, 1.165) is 12.1 Å². The van der Waals surface area contributed by atoms with E-state index in [1.165, 1.54) is 0 Å². The zero-order chi connectivity index (χ0) is 14.3. The number of carboxylic acids is 1. The molecule has 1 rings (SSSR count). The van der Waals surface area contributed by atoms with Crippen LogP contribution in [-0.2, 0) is 9.53 Å². The van der Waals surface area contributed by atoms with Gasteiger partial charge in [-0.05, 0) is 11.5 Å². The minimum atomic E-state index is -0.808. The second-order valence-electron chi connectivity index (χ2n) is 5.10. The van der Waals surface area contributed by atoms with E-state index in [4.69, 9.17) is 9.84 Å². The van der Waals surface area contributed by atoms with Crippen molar-refractivity contribution >= 4 is 5.97 Å². The SMILES string of the molecule is COCC(c1ccccc1)N(CC(=O)O)CC(C)C.